The van der Waals surface area contributed by atoms with Gasteiger partial charge in [0.05, 0.1) is 24.8 Å². The van der Waals surface area contributed by atoms with E-state index in [4.69, 9.17) is 21.7 Å². The smallest absolute Gasteiger partial charge is 0.341 e. The minimum absolute atomic E-state index is 0.328. The highest BCUT2D eigenvalue weighted by molar-refractivity contribution is 7.80. The number of nitrogens with one attached hydrogen (secondary N) is 2. The van der Waals surface area contributed by atoms with Gasteiger partial charge in [0.2, 0.25) is 0 Å². The van der Waals surface area contributed by atoms with Crippen molar-refractivity contribution in [3.63, 3.8) is 0 Å². The molecule has 8 heteroatoms. The first-order valence-corrected chi connectivity index (χ1v) is 9.13. The van der Waals surface area contributed by atoms with Gasteiger partial charge in [-0.1, -0.05) is 0 Å². The van der Waals surface area contributed by atoms with Crippen LogP contribution in [0.15, 0.2) is 24.3 Å². The van der Waals surface area contributed by atoms with Crippen LogP contribution in [0.25, 0.3) is 0 Å². The Labute approximate surface area is 161 Å². The molecule has 0 amide bonds. The summed E-state index contributed by atoms with van der Waals surface area (Å²) in [5.41, 5.74) is 2.52. The zero-order chi connectivity index (χ0) is 19.3. The number of esters is 2. The Balaban J connectivity index is 2.09. The first-order chi connectivity index (χ1) is 12.4. The van der Waals surface area contributed by atoms with Crippen LogP contribution in [0.4, 0.5) is 10.7 Å². The van der Waals surface area contributed by atoms with Gasteiger partial charge in [0, 0.05) is 10.6 Å². The van der Waals surface area contributed by atoms with Crippen molar-refractivity contribution in [2.24, 2.45) is 0 Å². The van der Waals surface area contributed by atoms with E-state index >= 15 is 0 Å². The molecule has 0 unspecified atom stereocenters. The van der Waals surface area contributed by atoms with Crippen molar-refractivity contribution >= 4 is 51.3 Å². The van der Waals surface area contributed by atoms with E-state index < -0.39 is 5.97 Å². The summed E-state index contributed by atoms with van der Waals surface area (Å²) in [4.78, 5) is 24.7. The van der Waals surface area contributed by atoms with Gasteiger partial charge in [-0.25, -0.2) is 9.59 Å². The average molecular weight is 393 g/mol. The van der Waals surface area contributed by atoms with Crippen LogP contribution in [0.3, 0.4) is 0 Å². The van der Waals surface area contributed by atoms with Crippen LogP contribution in [0.2, 0.25) is 0 Å². The number of methoxy groups -OCH3 is 1. The van der Waals surface area contributed by atoms with Gasteiger partial charge in [-0.3, -0.25) is 0 Å². The van der Waals surface area contributed by atoms with Crippen LogP contribution in [0.5, 0.6) is 0 Å². The lowest BCUT2D eigenvalue weighted by Crippen LogP contribution is -2.20. The maximum atomic E-state index is 12.0. The van der Waals surface area contributed by atoms with Gasteiger partial charge in [-0.05, 0) is 62.8 Å². The second-order valence-corrected chi connectivity index (χ2v) is 6.99. The predicted octanol–water partition coefficient (Wildman–Crippen LogP) is 4.14. The summed E-state index contributed by atoms with van der Waals surface area (Å²) < 4.78 is 9.79. The Kier molecular flexibility index (Phi) is 6.70. The molecule has 0 aliphatic carbocycles. The van der Waals surface area contributed by atoms with Crippen molar-refractivity contribution in [3.05, 3.63) is 45.8 Å². The topological polar surface area (TPSA) is 76.7 Å². The van der Waals surface area contributed by atoms with Crippen molar-refractivity contribution in [1.29, 1.82) is 0 Å². The number of carbonyl (C=O) groups is 2. The number of ether oxygens (including phenoxy) is 2. The number of rotatable bonds is 5. The number of aryl methyl sites for hydroxylation is 1. The van der Waals surface area contributed by atoms with Gasteiger partial charge >= 0.3 is 11.9 Å². The lowest BCUT2D eigenvalue weighted by atomic mass is 10.1. The van der Waals surface area contributed by atoms with Crippen molar-refractivity contribution in [2.75, 3.05) is 24.4 Å². The second kappa shape index (κ2) is 8.77. The lowest BCUT2D eigenvalue weighted by molar-refractivity contribution is 0.0525. The Bertz CT molecular complexity index is 828. The van der Waals surface area contributed by atoms with Crippen molar-refractivity contribution in [3.8, 4) is 0 Å². The third-order valence-corrected chi connectivity index (χ3v) is 4.98. The van der Waals surface area contributed by atoms with Crippen LogP contribution < -0.4 is 10.6 Å². The summed E-state index contributed by atoms with van der Waals surface area (Å²) in [6.07, 6.45) is 0. The minimum atomic E-state index is -0.407. The molecule has 2 N–H and O–H groups in total. The van der Waals surface area contributed by atoms with E-state index in [1.165, 1.54) is 18.4 Å². The molecule has 6 nitrogen and oxygen atoms in total. The molecule has 2 aromatic rings. The molecule has 1 aromatic heterocycles. The molecule has 0 radical (unpaired) electrons. The third kappa shape index (κ3) is 4.59. The Hall–Kier alpha value is -2.45. The second-order valence-electron chi connectivity index (χ2n) is 5.36. The van der Waals surface area contributed by atoms with Gasteiger partial charge in [0.15, 0.2) is 5.11 Å². The highest BCUT2D eigenvalue weighted by Crippen LogP contribution is 2.33. The molecule has 0 atom stereocenters. The van der Waals surface area contributed by atoms with E-state index in [2.05, 4.69) is 10.6 Å². The zero-order valence-electron chi connectivity index (χ0n) is 15.0. The molecule has 2 rings (SSSR count). The molecule has 1 aromatic carbocycles. The van der Waals surface area contributed by atoms with Crippen LogP contribution in [-0.4, -0.2) is 30.8 Å². The number of benzene rings is 1. The fourth-order valence-electron chi connectivity index (χ4n) is 2.23. The normalized spacial score (nSPS) is 10.2. The van der Waals surface area contributed by atoms with Gasteiger partial charge in [-0.2, -0.15) is 0 Å². The molecule has 0 fully saturated rings. The molecule has 26 heavy (non-hydrogen) atoms. The van der Waals surface area contributed by atoms with Crippen LogP contribution in [0.1, 0.15) is 38.1 Å². The van der Waals surface area contributed by atoms with Crippen molar-refractivity contribution in [2.45, 2.75) is 20.8 Å². The fourth-order valence-corrected chi connectivity index (χ4v) is 3.57. The summed E-state index contributed by atoms with van der Waals surface area (Å²) in [6.45, 7) is 5.89. The number of thiocarbonyl (C=S) groups is 1. The number of hydrogen-bond donors (Lipinski definition) is 2. The number of thiophene rings is 1. The first kappa shape index (κ1) is 19.9. The summed E-state index contributed by atoms with van der Waals surface area (Å²) >= 11 is 6.75. The zero-order valence-corrected chi connectivity index (χ0v) is 16.6. The molecular formula is C18H20N2O4S2. The summed E-state index contributed by atoms with van der Waals surface area (Å²) in [7, 11) is 1.35. The monoisotopic (exact) mass is 392 g/mol. The van der Waals surface area contributed by atoms with E-state index in [0.29, 0.717) is 33.5 Å². The maximum absolute atomic E-state index is 12.0. The van der Waals surface area contributed by atoms with Crippen LogP contribution >= 0.6 is 23.6 Å². The lowest BCUT2D eigenvalue weighted by Gasteiger charge is -2.11. The molecule has 0 saturated carbocycles. The maximum Gasteiger partial charge on any atom is 0.341 e. The summed E-state index contributed by atoms with van der Waals surface area (Å²) in [5, 5.41) is 7.03. The molecular weight excluding hydrogens is 372 g/mol. The largest absolute Gasteiger partial charge is 0.465 e. The molecule has 0 spiro atoms. The van der Waals surface area contributed by atoms with Gasteiger partial charge < -0.3 is 20.1 Å². The Morgan fingerprint density at radius 3 is 2.35 bits per heavy atom. The van der Waals surface area contributed by atoms with E-state index in [0.717, 1.165) is 10.4 Å². The summed E-state index contributed by atoms with van der Waals surface area (Å²) in [6, 6.07) is 6.77. The highest BCUT2D eigenvalue weighted by atomic mass is 32.1. The van der Waals surface area contributed by atoms with Crippen LogP contribution in [0, 0.1) is 13.8 Å². The van der Waals surface area contributed by atoms with Crippen molar-refractivity contribution < 1.29 is 19.1 Å². The highest BCUT2D eigenvalue weighted by Gasteiger charge is 2.20. The van der Waals surface area contributed by atoms with Crippen molar-refractivity contribution in [1.82, 2.24) is 0 Å². The molecule has 0 saturated heterocycles. The van der Waals surface area contributed by atoms with Crippen LogP contribution in [-0.2, 0) is 9.47 Å². The number of carbonyl (C=O) groups excluding carboxylic acids is 2. The molecule has 1 heterocycles. The SMILES string of the molecule is CCOC(=O)c1ccc(NC(=S)Nc2sc(C)c(C)c2C(=O)OC)cc1. The predicted molar refractivity (Wildman–Crippen MR) is 107 cm³/mol. The van der Waals surface area contributed by atoms with E-state index in [1.54, 1.807) is 31.2 Å². The molecule has 0 aliphatic heterocycles. The molecule has 0 aliphatic rings. The van der Waals surface area contributed by atoms with E-state index in [-0.39, 0.29) is 5.97 Å². The minimum Gasteiger partial charge on any atom is -0.465 e. The van der Waals surface area contributed by atoms with Gasteiger partial charge in [0.1, 0.15) is 5.00 Å². The van der Waals surface area contributed by atoms with Gasteiger partial charge in [-0.15, -0.1) is 11.3 Å². The number of anilines is 2. The summed E-state index contributed by atoms with van der Waals surface area (Å²) in [5.74, 6) is -0.775. The van der Waals surface area contributed by atoms with Gasteiger partial charge in [0.25, 0.3) is 0 Å². The quantitative estimate of drug-likeness (QED) is 0.585. The molecule has 0 bridgehead atoms. The standard InChI is InChI=1S/C18H20N2O4S2/c1-5-24-16(21)12-6-8-13(9-7-12)19-18(25)20-15-14(17(22)23-4)10(2)11(3)26-15/h6-9H,5H2,1-4H3,(H2,19,20,25). The molecule has 138 valence electrons. The Morgan fingerprint density at radius 2 is 1.77 bits per heavy atom. The number of hydrogen-bond acceptors (Lipinski definition) is 6. The fraction of sp³-hybridized carbons (Fsp3) is 0.278. The Morgan fingerprint density at radius 1 is 1.12 bits per heavy atom. The average Bonchev–Trinajstić information content (AvgIpc) is 2.88. The third-order valence-electron chi connectivity index (χ3n) is 3.66. The first-order valence-electron chi connectivity index (χ1n) is 7.90. The van der Waals surface area contributed by atoms with E-state index in [1.807, 2.05) is 13.8 Å². The van der Waals surface area contributed by atoms with E-state index in [9.17, 15) is 9.59 Å².